The Kier molecular flexibility index (Phi) is 4.86. The lowest BCUT2D eigenvalue weighted by Gasteiger charge is -2.43. The zero-order valence-corrected chi connectivity index (χ0v) is 12.1. The van der Waals surface area contributed by atoms with Crippen LogP contribution in [0.3, 0.4) is 0 Å². The molecule has 0 unspecified atom stereocenters. The normalized spacial score (nSPS) is 22.1. The van der Waals surface area contributed by atoms with Crippen molar-refractivity contribution in [2.24, 2.45) is 0 Å². The van der Waals surface area contributed by atoms with Crippen molar-refractivity contribution >= 4 is 12.0 Å². The van der Waals surface area contributed by atoms with Gasteiger partial charge >= 0.3 is 12.0 Å². The van der Waals surface area contributed by atoms with Crippen LogP contribution in [0.25, 0.3) is 0 Å². The molecule has 0 spiro atoms. The van der Waals surface area contributed by atoms with Crippen LogP contribution in [0.1, 0.15) is 45.4 Å². The van der Waals surface area contributed by atoms with Crippen LogP contribution in [-0.2, 0) is 9.53 Å². The van der Waals surface area contributed by atoms with E-state index < -0.39 is 11.5 Å². The maximum absolute atomic E-state index is 12.2. The van der Waals surface area contributed by atoms with Gasteiger partial charge in [0.15, 0.2) is 0 Å². The van der Waals surface area contributed by atoms with Gasteiger partial charge in [0.1, 0.15) is 0 Å². The van der Waals surface area contributed by atoms with E-state index in [9.17, 15) is 9.59 Å². The molecular formula is C14H24N2O4. The quantitative estimate of drug-likeness (QED) is 0.803. The zero-order chi connectivity index (χ0) is 14.6. The fraction of sp³-hybridized carbons (Fsp3) is 0.857. The number of amides is 2. The smallest absolute Gasteiger partial charge is 0.317 e. The molecule has 0 aromatic rings. The van der Waals surface area contributed by atoms with Gasteiger partial charge in [-0.05, 0) is 39.0 Å². The van der Waals surface area contributed by atoms with E-state index in [1.54, 1.807) is 4.90 Å². The van der Waals surface area contributed by atoms with Crippen LogP contribution in [0.4, 0.5) is 4.79 Å². The lowest BCUT2D eigenvalue weighted by molar-refractivity contribution is -0.139. The summed E-state index contributed by atoms with van der Waals surface area (Å²) in [6.45, 7) is 4.04. The SMILES string of the molecule is CCOC1CCN(C(=O)NC2(CC(=O)O)CCC2)CC1. The third kappa shape index (κ3) is 3.62. The van der Waals surface area contributed by atoms with E-state index in [4.69, 9.17) is 9.84 Å². The zero-order valence-electron chi connectivity index (χ0n) is 12.1. The minimum absolute atomic E-state index is 0.0220. The van der Waals surface area contributed by atoms with E-state index in [-0.39, 0.29) is 18.6 Å². The Morgan fingerprint density at radius 3 is 2.45 bits per heavy atom. The van der Waals surface area contributed by atoms with Gasteiger partial charge in [0.05, 0.1) is 18.1 Å². The average molecular weight is 284 g/mol. The first-order chi connectivity index (χ1) is 9.54. The maximum atomic E-state index is 12.2. The lowest BCUT2D eigenvalue weighted by Crippen LogP contribution is -2.59. The fourth-order valence-corrected chi connectivity index (χ4v) is 3.01. The summed E-state index contributed by atoms with van der Waals surface area (Å²) in [5.74, 6) is -0.847. The molecule has 1 heterocycles. The van der Waals surface area contributed by atoms with Gasteiger partial charge in [-0.2, -0.15) is 0 Å². The molecule has 20 heavy (non-hydrogen) atoms. The van der Waals surface area contributed by atoms with E-state index in [2.05, 4.69) is 5.32 Å². The Bertz CT molecular complexity index is 360. The highest BCUT2D eigenvalue weighted by molar-refractivity contribution is 5.77. The van der Waals surface area contributed by atoms with Crippen molar-refractivity contribution in [2.45, 2.75) is 57.1 Å². The molecule has 2 amide bonds. The molecule has 0 radical (unpaired) electrons. The number of rotatable bonds is 5. The van der Waals surface area contributed by atoms with Crippen molar-refractivity contribution in [1.29, 1.82) is 0 Å². The van der Waals surface area contributed by atoms with Crippen LogP contribution < -0.4 is 5.32 Å². The molecule has 0 atom stereocenters. The molecule has 0 bridgehead atoms. The Morgan fingerprint density at radius 2 is 2.00 bits per heavy atom. The first-order valence-corrected chi connectivity index (χ1v) is 7.45. The Labute approximate surface area is 119 Å². The van der Waals surface area contributed by atoms with Gasteiger partial charge in [0.25, 0.3) is 0 Å². The lowest BCUT2D eigenvalue weighted by atomic mass is 9.74. The second-order valence-corrected chi connectivity index (χ2v) is 5.78. The van der Waals surface area contributed by atoms with E-state index in [0.717, 1.165) is 32.1 Å². The standard InChI is InChI=1S/C14H24N2O4/c1-2-20-11-4-8-16(9-5-11)13(19)15-14(6-3-7-14)10-12(17)18/h11H,2-10H2,1H3,(H,15,19)(H,17,18). The number of nitrogens with zero attached hydrogens (tertiary/aromatic N) is 1. The number of likely N-dealkylation sites (tertiary alicyclic amines) is 1. The number of ether oxygens (including phenoxy) is 1. The van der Waals surface area contributed by atoms with Gasteiger partial charge in [0, 0.05) is 19.7 Å². The molecule has 2 rings (SSSR count). The van der Waals surface area contributed by atoms with Gasteiger partial charge in [-0.15, -0.1) is 0 Å². The van der Waals surface area contributed by atoms with Gasteiger partial charge in [-0.25, -0.2) is 4.79 Å². The molecule has 0 aromatic carbocycles. The van der Waals surface area contributed by atoms with Crippen LogP contribution in [0.2, 0.25) is 0 Å². The van der Waals surface area contributed by atoms with Crippen molar-refractivity contribution in [3.05, 3.63) is 0 Å². The maximum Gasteiger partial charge on any atom is 0.317 e. The fourth-order valence-electron chi connectivity index (χ4n) is 3.01. The molecule has 1 aliphatic heterocycles. The van der Waals surface area contributed by atoms with Crippen LogP contribution in [0.15, 0.2) is 0 Å². The summed E-state index contributed by atoms with van der Waals surface area (Å²) in [4.78, 5) is 24.9. The number of hydrogen-bond acceptors (Lipinski definition) is 3. The van der Waals surface area contributed by atoms with Crippen molar-refractivity contribution in [3.8, 4) is 0 Å². The van der Waals surface area contributed by atoms with Gasteiger partial charge in [0.2, 0.25) is 0 Å². The molecule has 2 N–H and O–H groups in total. The second kappa shape index (κ2) is 6.43. The Morgan fingerprint density at radius 1 is 1.35 bits per heavy atom. The minimum atomic E-state index is -0.847. The number of aliphatic carboxylic acids is 1. The molecule has 2 fully saturated rings. The number of carbonyl (C=O) groups is 2. The third-order valence-electron chi connectivity index (χ3n) is 4.30. The van der Waals surface area contributed by atoms with Crippen molar-refractivity contribution < 1.29 is 19.4 Å². The Balaban J connectivity index is 1.81. The molecular weight excluding hydrogens is 260 g/mol. The minimum Gasteiger partial charge on any atom is -0.481 e. The summed E-state index contributed by atoms with van der Waals surface area (Å²) < 4.78 is 5.56. The summed E-state index contributed by atoms with van der Waals surface area (Å²) in [6, 6.07) is -0.124. The highest BCUT2D eigenvalue weighted by atomic mass is 16.5. The monoisotopic (exact) mass is 284 g/mol. The summed E-state index contributed by atoms with van der Waals surface area (Å²) in [5.41, 5.74) is -0.514. The van der Waals surface area contributed by atoms with Gasteiger partial charge in [-0.1, -0.05) is 0 Å². The van der Waals surface area contributed by atoms with Crippen LogP contribution >= 0.6 is 0 Å². The van der Waals surface area contributed by atoms with Crippen molar-refractivity contribution in [1.82, 2.24) is 10.2 Å². The molecule has 1 aliphatic carbocycles. The van der Waals surface area contributed by atoms with Gasteiger partial charge in [-0.3, -0.25) is 4.79 Å². The molecule has 2 aliphatic rings. The van der Waals surface area contributed by atoms with E-state index in [1.807, 2.05) is 6.92 Å². The number of carboxylic acid groups (broad SMARTS) is 1. The van der Waals surface area contributed by atoms with E-state index in [0.29, 0.717) is 19.7 Å². The molecule has 114 valence electrons. The van der Waals surface area contributed by atoms with Crippen LogP contribution in [0, 0.1) is 0 Å². The average Bonchev–Trinajstić information content (AvgIpc) is 2.36. The van der Waals surface area contributed by atoms with E-state index in [1.165, 1.54) is 0 Å². The summed E-state index contributed by atoms with van der Waals surface area (Å²) in [5, 5.41) is 11.9. The highest BCUT2D eigenvalue weighted by Crippen LogP contribution is 2.35. The predicted octanol–water partition coefficient (Wildman–Crippen LogP) is 1.59. The number of nitrogens with one attached hydrogen (secondary N) is 1. The first kappa shape index (κ1) is 15.1. The summed E-state index contributed by atoms with van der Waals surface area (Å²) >= 11 is 0. The second-order valence-electron chi connectivity index (χ2n) is 5.78. The number of piperidine rings is 1. The third-order valence-corrected chi connectivity index (χ3v) is 4.30. The largest absolute Gasteiger partial charge is 0.481 e. The number of hydrogen-bond donors (Lipinski definition) is 2. The van der Waals surface area contributed by atoms with Crippen molar-refractivity contribution in [3.63, 3.8) is 0 Å². The summed E-state index contributed by atoms with van der Waals surface area (Å²) in [7, 11) is 0. The molecule has 0 aromatic heterocycles. The van der Waals surface area contributed by atoms with Crippen LogP contribution in [-0.4, -0.2) is 53.3 Å². The van der Waals surface area contributed by atoms with E-state index >= 15 is 0 Å². The highest BCUT2D eigenvalue weighted by Gasteiger charge is 2.41. The van der Waals surface area contributed by atoms with Crippen molar-refractivity contribution in [2.75, 3.05) is 19.7 Å². The molecule has 1 saturated carbocycles. The number of carboxylic acids is 1. The summed E-state index contributed by atoms with van der Waals surface area (Å²) in [6.07, 6.45) is 4.50. The number of urea groups is 1. The predicted molar refractivity (Wildman–Crippen MR) is 73.6 cm³/mol. The Hall–Kier alpha value is -1.30. The molecule has 6 nitrogen and oxygen atoms in total. The van der Waals surface area contributed by atoms with Gasteiger partial charge < -0.3 is 20.1 Å². The topological polar surface area (TPSA) is 78.9 Å². The first-order valence-electron chi connectivity index (χ1n) is 7.45. The number of carbonyl (C=O) groups excluding carboxylic acids is 1. The molecule has 1 saturated heterocycles. The van der Waals surface area contributed by atoms with Crippen LogP contribution in [0.5, 0.6) is 0 Å². The molecule has 6 heteroatoms.